The maximum absolute atomic E-state index is 13.5. The molecule has 2 atom stereocenters. The van der Waals surface area contributed by atoms with Gasteiger partial charge in [0.1, 0.15) is 12.7 Å². The fourth-order valence-electron chi connectivity index (χ4n) is 4.03. The second kappa shape index (κ2) is 9.52. The molecule has 0 bridgehead atoms. The number of fused-ring (bicyclic) bond motifs is 3. The van der Waals surface area contributed by atoms with Gasteiger partial charge in [-0.15, -0.1) is 0 Å². The van der Waals surface area contributed by atoms with Crippen LogP contribution in [-0.2, 0) is 14.4 Å². The van der Waals surface area contributed by atoms with Gasteiger partial charge in [-0.2, -0.15) is 0 Å². The van der Waals surface area contributed by atoms with Gasteiger partial charge in [-0.1, -0.05) is 57.2 Å². The van der Waals surface area contributed by atoms with Crippen LogP contribution in [0.3, 0.4) is 0 Å². The summed E-state index contributed by atoms with van der Waals surface area (Å²) < 4.78 is 14.5. The number of ketones is 1. The van der Waals surface area contributed by atoms with E-state index in [1.54, 1.807) is 25.3 Å². The average Bonchev–Trinajstić information content (AvgIpc) is 3.09. The molecule has 0 saturated carbocycles. The standard InChI is InChI=1S/C25H27FN2O5/c1-25(2,3)17(24(33)27-18(13-23(31)32)21(29)14-26)12-22(30)28-19-10-6-4-8-15(19)16-9-5-7-11-20(16)28/h4-11,17-18H,12-14H2,1-3H3,(H,27,33)(H,31,32)/t17-,18?/m1/s1. The van der Waals surface area contributed by atoms with E-state index in [9.17, 15) is 23.6 Å². The summed E-state index contributed by atoms with van der Waals surface area (Å²) in [5.74, 6) is -4.21. The molecule has 0 saturated heterocycles. The van der Waals surface area contributed by atoms with Crippen molar-refractivity contribution in [1.82, 2.24) is 9.88 Å². The molecule has 7 nitrogen and oxygen atoms in total. The summed E-state index contributed by atoms with van der Waals surface area (Å²) in [5.41, 5.74) is 0.742. The SMILES string of the molecule is CC(C)(C)[C@H](CC(=O)n1c2ccccc2c2ccccc21)C(=O)NC(CC(=O)O)C(=O)CF. The zero-order valence-electron chi connectivity index (χ0n) is 18.8. The highest BCUT2D eigenvalue weighted by atomic mass is 19.1. The summed E-state index contributed by atoms with van der Waals surface area (Å²) in [7, 11) is 0. The number of Topliss-reactive ketones (excluding diaryl/α,β-unsaturated/α-hetero) is 1. The summed E-state index contributed by atoms with van der Waals surface area (Å²) in [6, 6.07) is 13.5. The number of aromatic nitrogens is 1. The Kier molecular flexibility index (Phi) is 6.95. The van der Waals surface area contributed by atoms with Crippen LogP contribution in [-0.4, -0.2) is 46.0 Å². The highest BCUT2D eigenvalue weighted by Crippen LogP contribution is 2.33. The predicted octanol–water partition coefficient (Wildman–Crippen LogP) is 3.99. The van der Waals surface area contributed by atoms with Crippen molar-refractivity contribution in [2.24, 2.45) is 11.3 Å². The van der Waals surface area contributed by atoms with Crippen LogP contribution in [0.1, 0.15) is 38.4 Å². The van der Waals surface area contributed by atoms with E-state index in [-0.39, 0.29) is 12.3 Å². The Morgan fingerprint density at radius 3 is 1.91 bits per heavy atom. The molecule has 33 heavy (non-hydrogen) atoms. The zero-order chi connectivity index (χ0) is 24.3. The highest BCUT2D eigenvalue weighted by molar-refractivity contribution is 6.13. The van der Waals surface area contributed by atoms with Crippen LogP contribution in [0.5, 0.6) is 0 Å². The third-order valence-electron chi connectivity index (χ3n) is 5.79. The number of carboxylic acids is 1. The van der Waals surface area contributed by atoms with Crippen LogP contribution in [0, 0.1) is 11.3 Å². The van der Waals surface area contributed by atoms with Crippen LogP contribution in [0.2, 0.25) is 0 Å². The Balaban J connectivity index is 1.96. The molecule has 1 amide bonds. The van der Waals surface area contributed by atoms with Crippen molar-refractivity contribution in [1.29, 1.82) is 0 Å². The third-order valence-corrected chi connectivity index (χ3v) is 5.79. The number of carbonyl (C=O) groups is 4. The Morgan fingerprint density at radius 1 is 0.939 bits per heavy atom. The van der Waals surface area contributed by atoms with Gasteiger partial charge in [-0.25, -0.2) is 4.39 Å². The van der Waals surface area contributed by atoms with Gasteiger partial charge in [-0.05, 0) is 17.5 Å². The second-order valence-corrected chi connectivity index (χ2v) is 9.15. The van der Waals surface area contributed by atoms with Crippen LogP contribution in [0.4, 0.5) is 4.39 Å². The first kappa shape index (κ1) is 24.1. The fourth-order valence-corrected chi connectivity index (χ4v) is 4.03. The number of hydrogen-bond acceptors (Lipinski definition) is 4. The molecule has 8 heteroatoms. The molecule has 174 valence electrons. The average molecular weight is 454 g/mol. The zero-order valence-corrected chi connectivity index (χ0v) is 18.8. The van der Waals surface area contributed by atoms with Gasteiger partial charge in [0.25, 0.3) is 0 Å². The minimum Gasteiger partial charge on any atom is -0.481 e. The number of aliphatic carboxylic acids is 1. The fraction of sp³-hybridized carbons (Fsp3) is 0.360. The van der Waals surface area contributed by atoms with Crippen LogP contribution in [0.25, 0.3) is 21.8 Å². The number of hydrogen-bond donors (Lipinski definition) is 2. The Hall–Kier alpha value is -3.55. The first-order valence-electron chi connectivity index (χ1n) is 10.7. The lowest BCUT2D eigenvalue weighted by molar-refractivity contribution is -0.141. The topological polar surface area (TPSA) is 105 Å². The molecule has 1 aromatic heterocycles. The van der Waals surface area contributed by atoms with Crippen molar-refractivity contribution >= 4 is 45.4 Å². The van der Waals surface area contributed by atoms with Gasteiger partial charge in [0.15, 0.2) is 5.78 Å². The monoisotopic (exact) mass is 454 g/mol. The molecule has 2 aromatic carbocycles. The molecule has 3 rings (SSSR count). The van der Waals surface area contributed by atoms with Gasteiger partial charge < -0.3 is 10.4 Å². The maximum atomic E-state index is 13.5. The number of halogens is 1. The molecular formula is C25H27FN2O5. The van der Waals surface area contributed by atoms with Gasteiger partial charge in [-0.3, -0.25) is 23.7 Å². The maximum Gasteiger partial charge on any atom is 0.305 e. The predicted molar refractivity (Wildman–Crippen MR) is 123 cm³/mol. The van der Waals surface area contributed by atoms with E-state index in [1.807, 2.05) is 48.5 Å². The van der Waals surface area contributed by atoms with Crippen molar-refractivity contribution in [3.63, 3.8) is 0 Å². The molecular weight excluding hydrogens is 427 g/mol. The molecule has 1 heterocycles. The second-order valence-electron chi connectivity index (χ2n) is 9.15. The first-order chi connectivity index (χ1) is 15.5. The number of carbonyl (C=O) groups excluding carboxylic acids is 3. The summed E-state index contributed by atoms with van der Waals surface area (Å²) >= 11 is 0. The summed E-state index contributed by atoms with van der Waals surface area (Å²) in [6.07, 6.45) is -0.909. The molecule has 0 radical (unpaired) electrons. The molecule has 3 aromatic rings. The Labute approximate surface area is 190 Å². The van der Waals surface area contributed by atoms with Gasteiger partial charge >= 0.3 is 5.97 Å². The van der Waals surface area contributed by atoms with Crippen molar-refractivity contribution in [2.45, 2.75) is 39.7 Å². The number of carboxylic acid groups (broad SMARTS) is 1. The van der Waals surface area contributed by atoms with E-state index < -0.39 is 48.1 Å². The lowest BCUT2D eigenvalue weighted by atomic mass is 9.77. The van der Waals surface area contributed by atoms with E-state index >= 15 is 0 Å². The highest BCUT2D eigenvalue weighted by Gasteiger charge is 2.36. The Bertz CT molecular complexity index is 1170. The van der Waals surface area contributed by atoms with E-state index in [1.165, 1.54) is 0 Å². The minimum atomic E-state index is -1.49. The number of rotatable bonds is 8. The molecule has 1 unspecified atom stereocenters. The van der Waals surface area contributed by atoms with Crippen molar-refractivity contribution in [2.75, 3.05) is 6.67 Å². The summed E-state index contributed by atoms with van der Waals surface area (Å²) in [6.45, 7) is 3.94. The third kappa shape index (κ3) is 5.10. The number of nitrogens with one attached hydrogen (secondary N) is 1. The smallest absolute Gasteiger partial charge is 0.305 e. The number of amides is 1. The Morgan fingerprint density at radius 2 is 1.45 bits per heavy atom. The molecule has 0 aliphatic carbocycles. The van der Waals surface area contributed by atoms with E-state index in [2.05, 4.69) is 5.32 Å². The minimum absolute atomic E-state index is 0.179. The van der Waals surface area contributed by atoms with Crippen LogP contribution in [0.15, 0.2) is 48.5 Å². The number of para-hydroxylation sites is 2. The lowest BCUT2D eigenvalue weighted by Gasteiger charge is -2.30. The summed E-state index contributed by atoms with van der Waals surface area (Å²) in [4.78, 5) is 49.5. The van der Waals surface area contributed by atoms with Gasteiger partial charge in [0.05, 0.1) is 23.4 Å². The number of alkyl halides is 1. The molecule has 0 spiro atoms. The van der Waals surface area contributed by atoms with Crippen molar-refractivity contribution < 1.29 is 28.7 Å². The number of benzene rings is 2. The number of nitrogens with zero attached hydrogens (tertiary/aromatic N) is 1. The first-order valence-corrected chi connectivity index (χ1v) is 10.7. The molecule has 2 N–H and O–H groups in total. The van der Waals surface area contributed by atoms with Crippen LogP contribution < -0.4 is 5.32 Å². The largest absolute Gasteiger partial charge is 0.481 e. The van der Waals surface area contributed by atoms with Crippen LogP contribution >= 0.6 is 0 Å². The van der Waals surface area contributed by atoms with Crippen molar-refractivity contribution in [3.8, 4) is 0 Å². The normalized spacial score (nSPS) is 13.6. The molecule has 0 aliphatic rings. The molecule has 0 aliphatic heterocycles. The lowest BCUT2D eigenvalue weighted by Crippen LogP contribution is -2.48. The molecule has 0 fully saturated rings. The van der Waals surface area contributed by atoms with E-state index in [0.29, 0.717) is 11.0 Å². The van der Waals surface area contributed by atoms with E-state index in [0.717, 1.165) is 10.8 Å². The van der Waals surface area contributed by atoms with Gasteiger partial charge in [0.2, 0.25) is 11.8 Å². The summed E-state index contributed by atoms with van der Waals surface area (Å²) in [5, 5.41) is 13.2. The van der Waals surface area contributed by atoms with E-state index in [4.69, 9.17) is 5.11 Å². The quantitative estimate of drug-likeness (QED) is 0.536. The van der Waals surface area contributed by atoms with Crippen molar-refractivity contribution in [3.05, 3.63) is 48.5 Å². The van der Waals surface area contributed by atoms with Gasteiger partial charge in [0, 0.05) is 17.2 Å².